The van der Waals surface area contributed by atoms with Crippen molar-refractivity contribution in [3.05, 3.63) is 15.9 Å². The molecule has 0 spiro atoms. The number of nitrogens with one attached hydrogen (secondary N) is 1. The first-order valence-corrected chi connectivity index (χ1v) is 3.68. The van der Waals surface area contributed by atoms with Gasteiger partial charge in [0.25, 0.3) is 0 Å². The van der Waals surface area contributed by atoms with E-state index in [1.54, 1.807) is 0 Å². The first-order chi connectivity index (χ1) is 4.75. The zero-order chi connectivity index (χ0) is 7.56. The van der Waals surface area contributed by atoms with Gasteiger partial charge in [-0.05, 0) is 22.9 Å². The fourth-order valence-corrected chi connectivity index (χ4v) is 1.02. The number of hydrogen-bond donors (Lipinski definition) is 1. The van der Waals surface area contributed by atoms with Crippen molar-refractivity contribution in [3.63, 3.8) is 0 Å². The number of aromatic nitrogens is 2. The normalized spacial score (nSPS) is 9.80. The van der Waals surface area contributed by atoms with Crippen molar-refractivity contribution in [1.82, 2.24) is 10.2 Å². The Kier molecular flexibility index (Phi) is 2.21. The molecule has 1 rings (SSSR count). The highest BCUT2D eigenvalue weighted by Gasteiger charge is 2.04. The zero-order valence-corrected chi connectivity index (χ0v) is 7.10. The van der Waals surface area contributed by atoms with Crippen molar-refractivity contribution < 1.29 is 4.79 Å². The van der Waals surface area contributed by atoms with Crippen LogP contribution in [0.3, 0.4) is 0 Å². The third-order valence-electron chi connectivity index (χ3n) is 1.22. The van der Waals surface area contributed by atoms with Crippen LogP contribution in [0.25, 0.3) is 0 Å². The zero-order valence-electron chi connectivity index (χ0n) is 5.52. The molecule has 4 heteroatoms. The summed E-state index contributed by atoms with van der Waals surface area (Å²) in [6, 6.07) is 0. The first kappa shape index (κ1) is 7.47. The number of aldehydes is 1. The SMILES string of the molecule is Cc1[nH]nc(CC=O)c1Br. The second-order valence-electron chi connectivity index (χ2n) is 1.98. The van der Waals surface area contributed by atoms with Crippen LogP contribution < -0.4 is 0 Å². The monoisotopic (exact) mass is 202 g/mol. The minimum atomic E-state index is 0.366. The summed E-state index contributed by atoms with van der Waals surface area (Å²) in [4.78, 5) is 10.1. The molecule has 10 heavy (non-hydrogen) atoms. The molecule has 0 fully saturated rings. The molecule has 0 aromatic carbocycles. The summed E-state index contributed by atoms with van der Waals surface area (Å²) in [6.07, 6.45) is 1.20. The highest BCUT2D eigenvalue weighted by Crippen LogP contribution is 2.17. The van der Waals surface area contributed by atoms with Gasteiger partial charge in [0.1, 0.15) is 6.29 Å². The van der Waals surface area contributed by atoms with Gasteiger partial charge in [-0.15, -0.1) is 0 Å². The molecule has 1 aromatic rings. The predicted octanol–water partition coefficient (Wildman–Crippen LogP) is 1.22. The van der Waals surface area contributed by atoms with E-state index in [4.69, 9.17) is 0 Å². The van der Waals surface area contributed by atoms with Crippen LogP contribution in [-0.4, -0.2) is 16.5 Å². The first-order valence-electron chi connectivity index (χ1n) is 2.88. The van der Waals surface area contributed by atoms with Crippen molar-refractivity contribution >= 4 is 22.2 Å². The van der Waals surface area contributed by atoms with Gasteiger partial charge >= 0.3 is 0 Å². The largest absolute Gasteiger partial charge is 0.303 e. The maximum absolute atomic E-state index is 10.1. The molecule has 0 aliphatic heterocycles. The maximum atomic E-state index is 10.1. The third kappa shape index (κ3) is 1.26. The van der Waals surface area contributed by atoms with E-state index in [-0.39, 0.29) is 0 Å². The van der Waals surface area contributed by atoms with E-state index in [1.807, 2.05) is 6.92 Å². The van der Waals surface area contributed by atoms with E-state index < -0.39 is 0 Å². The molecule has 0 aliphatic rings. The van der Waals surface area contributed by atoms with Gasteiger partial charge in [-0.2, -0.15) is 5.10 Å². The number of hydrogen-bond acceptors (Lipinski definition) is 2. The predicted molar refractivity (Wildman–Crippen MR) is 40.8 cm³/mol. The van der Waals surface area contributed by atoms with Crippen LogP contribution in [-0.2, 0) is 11.2 Å². The highest BCUT2D eigenvalue weighted by molar-refractivity contribution is 9.10. The molecular formula is C6H7BrN2O. The lowest BCUT2D eigenvalue weighted by Gasteiger charge is -1.85. The van der Waals surface area contributed by atoms with Crippen LogP contribution in [0.4, 0.5) is 0 Å². The smallest absolute Gasteiger partial charge is 0.126 e. The Morgan fingerprint density at radius 3 is 2.90 bits per heavy atom. The molecule has 3 nitrogen and oxygen atoms in total. The molecule has 0 aliphatic carbocycles. The van der Waals surface area contributed by atoms with E-state index in [0.29, 0.717) is 6.42 Å². The number of nitrogens with zero attached hydrogens (tertiary/aromatic N) is 1. The number of rotatable bonds is 2. The van der Waals surface area contributed by atoms with Crippen molar-refractivity contribution in [1.29, 1.82) is 0 Å². The van der Waals surface area contributed by atoms with Crippen LogP contribution in [0.5, 0.6) is 0 Å². The topological polar surface area (TPSA) is 45.8 Å². The average molecular weight is 203 g/mol. The lowest BCUT2D eigenvalue weighted by molar-refractivity contribution is -0.107. The van der Waals surface area contributed by atoms with Crippen LogP contribution in [0, 0.1) is 6.92 Å². The van der Waals surface area contributed by atoms with Crippen molar-refractivity contribution in [3.8, 4) is 0 Å². The van der Waals surface area contributed by atoms with Gasteiger partial charge in [0.15, 0.2) is 0 Å². The van der Waals surface area contributed by atoms with Gasteiger partial charge in [0.2, 0.25) is 0 Å². The van der Waals surface area contributed by atoms with E-state index in [0.717, 1.165) is 22.1 Å². The molecule has 1 N–H and O–H groups in total. The summed E-state index contributed by atoms with van der Waals surface area (Å²) >= 11 is 3.30. The van der Waals surface area contributed by atoms with E-state index >= 15 is 0 Å². The second-order valence-corrected chi connectivity index (χ2v) is 2.77. The summed E-state index contributed by atoms with van der Waals surface area (Å²) in [6.45, 7) is 1.89. The Hall–Kier alpha value is -0.640. The quantitative estimate of drug-likeness (QED) is 0.734. The Balaban J connectivity index is 2.93. The Morgan fingerprint density at radius 2 is 2.50 bits per heavy atom. The van der Waals surface area contributed by atoms with Crippen molar-refractivity contribution in [2.75, 3.05) is 0 Å². The molecule has 54 valence electrons. The number of halogens is 1. The lowest BCUT2D eigenvalue weighted by atomic mass is 10.3. The molecule has 1 heterocycles. The maximum Gasteiger partial charge on any atom is 0.126 e. The van der Waals surface area contributed by atoms with Gasteiger partial charge in [0, 0.05) is 12.1 Å². The molecule has 1 aromatic heterocycles. The van der Waals surface area contributed by atoms with Crippen LogP contribution in [0.2, 0.25) is 0 Å². The number of aryl methyl sites for hydroxylation is 1. The standard InChI is InChI=1S/C6H7BrN2O/c1-4-6(7)5(2-3-10)9-8-4/h3H,2H2,1H3,(H,8,9). The molecule has 0 atom stereocenters. The molecule has 0 saturated carbocycles. The summed E-state index contributed by atoms with van der Waals surface area (Å²) in [5.41, 5.74) is 1.73. The number of H-pyrrole nitrogens is 1. The van der Waals surface area contributed by atoms with Gasteiger partial charge in [-0.1, -0.05) is 0 Å². The van der Waals surface area contributed by atoms with Gasteiger partial charge in [-0.25, -0.2) is 0 Å². The molecule has 0 unspecified atom stereocenters. The van der Waals surface area contributed by atoms with Crippen LogP contribution in [0.1, 0.15) is 11.4 Å². The molecular weight excluding hydrogens is 196 g/mol. The average Bonchev–Trinajstić information content (AvgIpc) is 2.20. The van der Waals surface area contributed by atoms with Crippen LogP contribution >= 0.6 is 15.9 Å². The molecule has 0 radical (unpaired) electrons. The number of carbonyl (C=O) groups excluding carboxylic acids is 1. The Labute approximate surface area is 67.0 Å². The minimum absolute atomic E-state index is 0.366. The molecule has 0 bridgehead atoms. The van der Waals surface area contributed by atoms with Gasteiger partial charge in [0.05, 0.1) is 10.2 Å². The Morgan fingerprint density at radius 1 is 1.80 bits per heavy atom. The fourth-order valence-electron chi connectivity index (χ4n) is 0.680. The summed E-state index contributed by atoms with van der Waals surface area (Å²) in [5.74, 6) is 0. The van der Waals surface area contributed by atoms with Gasteiger partial charge in [-0.3, -0.25) is 5.10 Å². The highest BCUT2D eigenvalue weighted by atomic mass is 79.9. The number of carbonyl (C=O) groups is 1. The van der Waals surface area contributed by atoms with E-state index in [1.165, 1.54) is 0 Å². The van der Waals surface area contributed by atoms with Gasteiger partial charge < -0.3 is 4.79 Å². The van der Waals surface area contributed by atoms with E-state index in [2.05, 4.69) is 26.1 Å². The number of aromatic amines is 1. The molecule has 0 amide bonds. The summed E-state index contributed by atoms with van der Waals surface area (Å²) < 4.78 is 0.902. The van der Waals surface area contributed by atoms with E-state index in [9.17, 15) is 4.79 Å². The Bertz CT molecular complexity index is 244. The lowest BCUT2D eigenvalue weighted by Crippen LogP contribution is -1.85. The summed E-state index contributed by atoms with van der Waals surface area (Å²) in [7, 11) is 0. The van der Waals surface area contributed by atoms with Crippen molar-refractivity contribution in [2.24, 2.45) is 0 Å². The fraction of sp³-hybridized carbons (Fsp3) is 0.333. The second kappa shape index (κ2) is 2.96. The van der Waals surface area contributed by atoms with Crippen molar-refractivity contribution in [2.45, 2.75) is 13.3 Å². The molecule has 0 saturated heterocycles. The van der Waals surface area contributed by atoms with Crippen LogP contribution in [0.15, 0.2) is 4.47 Å². The minimum Gasteiger partial charge on any atom is -0.303 e. The third-order valence-corrected chi connectivity index (χ3v) is 2.27. The summed E-state index contributed by atoms with van der Waals surface area (Å²) in [5, 5.41) is 6.67.